The van der Waals surface area contributed by atoms with E-state index in [9.17, 15) is 4.79 Å². The first-order valence-corrected chi connectivity index (χ1v) is 10.9. The Hall–Kier alpha value is -2.53. The van der Waals surface area contributed by atoms with Gasteiger partial charge >= 0.3 is 6.03 Å². The van der Waals surface area contributed by atoms with Crippen LogP contribution in [0.25, 0.3) is 0 Å². The summed E-state index contributed by atoms with van der Waals surface area (Å²) in [5.74, 6) is 0. The molecule has 29 heavy (non-hydrogen) atoms. The van der Waals surface area contributed by atoms with E-state index in [0.29, 0.717) is 6.04 Å². The van der Waals surface area contributed by atoms with Gasteiger partial charge in [0, 0.05) is 50.1 Å². The number of benzene rings is 2. The Bertz CT molecular complexity index is 763. The number of nitrogens with one attached hydrogen (secondary N) is 2. The summed E-state index contributed by atoms with van der Waals surface area (Å²) >= 11 is 0. The molecule has 0 aromatic heterocycles. The second kappa shape index (κ2) is 9.79. The first-order valence-electron chi connectivity index (χ1n) is 10.9. The molecule has 1 aliphatic carbocycles. The highest BCUT2D eigenvalue weighted by atomic mass is 16.2. The average Bonchev–Trinajstić information content (AvgIpc) is 2.77. The summed E-state index contributed by atoms with van der Waals surface area (Å²) in [4.78, 5) is 17.1. The fourth-order valence-corrected chi connectivity index (χ4v) is 4.35. The van der Waals surface area contributed by atoms with Crippen LogP contribution in [0.15, 0.2) is 54.6 Å². The van der Waals surface area contributed by atoms with E-state index < -0.39 is 0 Å². The van der Waals surface area contributed by atoms with E-state index in [2.05, 4.69) is 62.9 Å². The van der Waals surface area contributed by atoms with Crippen LogP contribution in [0.3, 0.4) is 0 Å². The molecule has 1 heterocycles. The lowest BCUT2D eigenvalue weighted by Crippen LogP contribution is -2.45. The topological polar surface area (TPSA) is 47.6 Å². The van der Waals surface area contributed by atoms with Gasteiger partial charge in [0.25, 0.3) is 0 Å². The van der Waals surface area contributed by atoms with E-state index in [0.717, 1.165) is 51.3 Å². The van der Waals surface area contributed by atoms with Crippen molar-refractivity contribution >= 4 is 17.4 Å². The predicted octanol–water partition coefficient (Wildman–Crippen LogP) is 4.46. The lowest BCUT2D eigenvalue weighted by Gasteiger charge is -2.36. The minimum absolute atomic E-state index is 0.0818. The van der Waals surface area contributed by atoms with Crippen molar-refractivity contribution in [3.8, 4) is 0 Å². The van der Waals surface area contributed by atoms with E-state index in [1.807, 2.05) is 12.1 Å². The van der Waals surface area contributed by atoms with Gasteiger partial charge < -0.3 is 15.5 Å². The first kappa shape index (κ1) is 19.8. The molecule has 1 saturated carbocycles. The molecule has 4 rings (SSSR count). The van der Waals surface area contributed by atoms with Crippen LogP contribution in [0.4, 0.5) is 16.2 Å². The van der Waals surface area contributed by atoms with Crippen LogP contribution in [0.1, 0.15) is 37.7 Å². The Morgan fingerprint density at radius 2 is 1.55 bits per heavy atom. The fraction of sp³-hybridized carbons (Fsp3) is 0.458. The van der Waals surface area contributed by atoms with Gasteiger partial charge in [-0.15, -0.1) is 0 Å². The molecule has 0 radical (unpaired) electrons. The van der Waals surface area contributed by atoms with Crippen molar-refractivity contribution < 1.29 is 4.79 Å². The summed E-state index contributed by atoms with van der Waals surface area (Å²) in [6.07, 6.45) is 5.94. The second-order valence-electron chi connectivity index (χ2n) is 8.23. The third kappa shape index (κ3) is 5.73. The number of hydrogen-bond acceptors (Lipinski definition) is 3. The zero-order chi connectivity index (χ0) is 19.9. The zero-order valence-electron chi connectivity index (χ0n) is 17.1. The smallest absolute Gasteiger partial charge is 0.319 e. The number of nitrogens with zero attached hydrogens (tertiary/aromatic N) is 2. The molecular weight excluding hydrogens is 360 g/mol. The third-order valence-corrected chi connectivity index (χ3v) is 6.05. The van der Waals surface area contributed by atoms with Gasteiger partial charge in [0.15, 0.2) is 0 Å². The monoisotopic (exact) mass is 392 g/mol. The average molecular weight is 393 g/mol. The summed E-state index contributed by atoms with van der Waals surface area (Å²) in [6, 6.07) is 19.2. The molecule has 154 valence electrons. The van der Waals surface area contributed by atoms with Gasteiger partial charge in [-0.2, -0.15) is 0 Å². The Labute approximate surface area is 174 Å². The van der Waals surface area contributed by atoms with Crippen LogP contribution < -0.4 is 15.5 Å². The highest BCUT2D eigenvalue weighted by Gasteiger charge is 2.18. The highest BCUT2D eigenvalue weighted by molar-refractivity contribution is 5.89. The zero-order valence-corrected chi connectivity index (χ0v) is 17.1. The van der Waals surface area contributed by atoms with Crippen molar-refractivity contribution in [3.05, 3.63) is 60.2 Å². The summed E-state index contributed by atoms with van der Waals surface area (Å²) < 4.78 is 0. The molecular formula is C24H32N4O. The molecule has 0 spiro atoms. The van der Waals surface area contributed by atoms with Crippen molar-refractivity contribution in [1.82, 2.24) is 10.2 Å². The Kier molecular flexibility index (Phi) is 6.67. The summed E-state index contributed by atoms with van der Waals surface area (Å²) in [5, 5.41) is 6.08. The van der Waals surface area contributed by atoms with E-state index in [1.165, 1.54) is 30.5 Å². The fourth-order valence-electron chi connectivity index (χ4n) is 4.35. The number of hydrogen-bond donors (Lipinski definition) is 2. The molecule has 2 N–H and O–H groups in total. The standard InChI is InChI=1S/C24H32N4O/c29-24(25-21-7-3-1-4-8-21)26-22-13-11-20(12-14-22)19-27-15-17-28(18-16-27)23-9-5-2-6-10-23/h2,5-6,9-14,21H,1,3-4,7-8,15-19H2,(H2,25,26,29). The number of piperazine rings is 1. The van der Waals surface area contributed by atoms with Gasteiger partial charge in [0.2, 0.25) is 0 Å². The third-order valence-electron chi connectivity index (χ3n) is 6.05. The number of carbonyl (C=O) groups excluding carboxylic acids is 1. The van der Waals surface area contributed by atoms with E-state index in [1.54, 1.807) is 0 Å². The number of rotatable bonds is 5. The molecule has 2 fully saturated rings. The van der Waals surface area contributed by atoms with E-state index in [4.69, 9.17) is 0 Å². The molecule has 5 nitrogen and oxygen atoms in total. The number of anilines is 2. The van der Waals surface area contributed by atoms with Crippen LogP contribution in [0.5, 0.6) is 0 Å². The molecule has 2 aromatic rings. The van der Waals surface area contributed by atoms with Crippen LogP contribution in [0.2, 0.25) is 0 Å². The van der Waals surface area contributed by atoms with Crippen molar-refractivity contribution in [2.75, 3.05) is 36.4 Å². The van der Waals surface area contributed by atoms with Crippen molar-refractivity contribution in [1.29, 1.82) is 0 Å². The van der Waals surface area contributed by atoms with Crippen LogP contribution in [-0.4, -0.2) is 43.2 Å². The maximum absolute atomic E-state index is 12.2. The summed E-state index contributed by atoms with van der Waals surface area (Å²) in [7, 11) is 0. The minimum Gasteiger partial charge on any atom is -0.369 e. The maximum Gasteiger partial charge on any atom is 0.319 e. The molecule has 5 heteroatoms. The lowest BCUT2D eigenvalue weighted by molar-refractivity contribution is 0.244. The maximum atomic E-state index is 12.2. The quantitative estimate of drug-likeness (QED) is 0.790. The molecule has 2 aromatic carbocycles. The molecule has 0 bridgehead atoms. The van der Waals surface area contributed by atoms with Crippen LogP contribution in [0, 0.1) is 0 Å². The molecule has 1 saturated heterocycles. The van der Waals surface area contributed by atoms with Crippen molar-refractivity contribution in [2.45, 2.75) is 44.7 Å². The van der Waals surface area contributed by atoms with Crippen LogP contribution >= 0.6 is 0 Å². The molecule has 2 aliphatic rings. The van der Waals surface area contributed by atoms with Gasteiger partial charge in [0.05, 0.1) is 0 Å². The molecule has 2 amide bonds. The molecule has 1 aliphatic heterocycles. The van der Waals surface area contributed by atoms with Crippen molar-refractivity contribution in [3.63, 3.8) is 0 Å². The Balaban J connectivity index is 1.22. The Morgan fingerprint density at radius 1 is 0.862 bits per heavy atom. The van der Waals surface area contributed by atoms with E-state index in [-0.39, 0.29) is 6.03 Å². The van der Waals surface area contributed by atoms with Gasteiger partial charge in [-0.3, -0.25) is 4.90 Å². The van der Waals surface area contributed by atoms with Crippen LogP contribution in [-0.2, 0) is 6.54 Å². The first-order chi connectivity index (χ1) is 14.3. The lowest BCUT2D eigenvalue weighted by atomic mass is 9.96. The largest absolute Gasteiger partial charge is 0.369 e. The summed E-state index contributed by atoms with van der Waals surface area (Å²) in [6.45, 7) is 5.21. The predicted molar refractivity (Wildman–Crippen MR) is 119 cm³/mol. The van der Waals surface area contributed by atoms with Gasteiger partial charge in [-0.1, -0.05) is 49.6 Å². The number of para-hydroxylation sites is 1. The number of amides is 2. The second-order valence-corrected chi connectivity index (χ2v) is 8.23. The van der Waals surface area contributed by atoms with Gasteiger partial charge in [0.1, 0.15) is 0 Å². The Morgan fingerprint density at radius 3 is 2.24 bits per heavy atom. The molecule has 0 atom stereocenters. The van der Waals surface area contributed by atoms with Gasteiger partial charge in [-0.25, -0.2) is 4.79 Å². The highest BCUT2D eigenvalue weighted by Crippen LogP contribution is 2.19. The number of urea groups is 1. The minimum atomic E-state index is -0.0818. The van der Waals surface area contributed by atoms with Gasteiger partial charge in [-0.05, 0) is 42.7 Å². The SMILES string of the molecule is O=C(Nc1ccc(CN2CCN(c3ccccc3)CC2)cc1)NC1CCCCC1. The number of carbonyl (C=O) groups is 1. The van der Waals surface area contributed by atoms with Crippen molar-refractivity contribution in [2.24, 2.45) is 0 Å². The van der Waals surface area contributed by atoms with E-state index >= 15 is 0 Å². The molecule has 0 unspecified atom stereocenters. The normalized spacial score (nSPS) is 18.4. The summed E-state index contributed by atoms with van der Waals surface area (Å²) in [5.41, 5.74) is 3.46.